The molecule has 0 aliphatic heterocycles. The Kier molecular flexibility index (Phi) is 5.79. The summed E-state index contributed by atoms with van der Waals surface area (Å²) in [6, 6.07) is 14.0. The quantitative estimate of drug-likeness (QED) is 0.268. The zero-order chi connectivity index (χ0) is 25.8. The molecule has 0 bridgehead atoms. The second-order valence-electron chi connectivity index (χ2n) is 9.83. The maximum absolute atomic E-state index is 14.8. The molecule has 6 nitrogen and oxygen atoms in total. The molecule has 5 rings (SSSR count). The fraction of sp³-hybridized carbons (Fsp3) is 0.222. The highest BCUT2D eigenvalue weighted by atomic mass is 35.5. The molecular weight excluding hydrogens is 482 g/mol. The number of aromatic nitrogens is 5. The van der Waals surface area contributed by atoms with Crippen molar-refractivity contribution in [2.75, 3.05) is 5.73 Å². The first-order valence-corrected chi connectivity index (χ1v) is 11.9. The first kappa shape index (κ1) is 23.9. The van der Waals surface area contributed by atoms with Gasteiger partial charge >= 0.3 is 0 Å². The van der Waals surface area contributed by atoms with Gasteiger partial charge in [-0.25, -0.2) is 23.7 Å². The van der Waals surface area contributed by atoms with Crippen LogP contribution >= 0.6 is 11.6 Å². The molecule has 0 aliphatic rings. The van der Waals surface area contributed by atoms with Crippen molar-refractivity contribution in [2.24, 2.45) is 5.41 Å². The number of fused-ring (bicyclic) bond motifs is 1. The number of pyridine rings is 1. The molecule has 0 aliphatic carbocycles. The minimum absolute atomic E-state index is 0.0105. The molecule has 1 atom stereocenters. The summed E-state index contributed by atoms with van der Waals surface area (Å²) >= 11 is 6.33. The zero-order valence-corrected chi connectivity index (χ0v) is 21.0. The standard InChI is InChI=1S/C27H25ClF2N6/c1-14(27(2,3)4)36-25-20(33-26(36)31)13-12-19(32-25)23-22(15-8-10-16(29)11-9-15)34-24(35-23)21-17(28)6-5-7-18(21)30/h5-14H,1-4H3,(H2,31,33)(H,34,35). The van der Waals surface area contributed by atoms with Crippen LogP contribution in [-0.4, -0.2) is 24.5 Å². The summed E-state index contributed by atoms with van der Waals surface area (Å²) in [5, 5.41) is 0.217. The minimum atomic E-state index is -0.512. The number of nitrogens with zero attached hydrogens (tertiary/aromatic N) is 4. The van der Waals surface area contributed by atoms with Crippen LogP contribution in [0.5, 0.6) is 0 Å². The van der Waals surface area contributed by atoms with Gasteiger partial charge in [-0.2, -0.15) is 0 Å². The van der Waals surface area contributed by atoms with E-state index in [9.17, 15) is 8.78 Å². The summed E-state index contributed by atoms with van der Waals surface area (Å²) in [7, 11) is 0. The summed E-state index contributed by atoms with van der Waals surface area (Å²) in [5.74, 6) is -0.269. The van der Waals surface area contributed by atoms with Gasteiger partial charge in [0.2, 0.25) is 5.95 Å². The van der Waals surface area contributed by atoms with Crippen molar-refractivity contribution in [2.45, 2.75) is 33.7 Å². The molecule has 3 aromatic heterocycles. The largest absolute Gasteiger partial charge is 0.369 e. The highest BCUT2D eigenvalue weighted by Gasteiger charge is 2.27. The first-order valence-electron chi connectivity index (χ1n) is 11.5. The summed E-state index contributed by atoms with van der Waals surface area (Å²) in [6.07, 6.45) is 0. The molecule has 0 saturated heterocycles. The van der Waals surface area contributed by atoms with Gasteiger partial charge in [0.05, 0.1) is 27.7 Å². The molecular formula is C27H25ClF2N6. The summed E-state index contributed by atoms with van der Waals surface area (Å²) in [5.41, 5.74) is 9.83. The molecule has 0 amide bonds. The van der Waals surface area contributed by atoms with Crippen LogP contribution in [-0.2, 0) is 0 Å². The van der Waals surface area contributed by atoms with E-state index in [-0.39, 0.29) is 33.7 Å². The number of nitrogens with one attached hydrogen (secondary N) is 1. The highest BCUT2D eigenvalue weighted by Crippen LogP contribution is 2.38. The maximum Gasteiger partial charge on any atom is 0.202 e. The van der Waals surface area contributed by atoms with E-state index in [1.165, 1.54) is 24.3 Å². The van der Waals surface area contributed by atoms with E-state index in [2.05, 4.69) is 42.6 Å². The third kappa shape index (κ3) is 4.11. The lowest BCUT2D eigenvalue weighted by Crippen LogP contribution is -2.23. The fourth-order valence-electron chi connectivity index (χ4n) is 4.12. The Balaban J connectivity index is 1.75. The molecule has 2 aromatic carbocycles. The highest BCUT2D eigenvalue weighted by molar-refractivity contribution is 6.33. The van der Waals surface area contributed by atoms with Crippen molar-refractivity contribution in [3.63, 3.8) is 0 Å². The molecule has 184 valence electrons. The zero-order valence-electron chi connectivity index (χ0n) is 20.3. The summed E-state index contributed by atoms with van der Waals surface area (Å²) in [6.45, 7) is 8.44. The summed E-state index contributed by atoms with van der Waals surface area (Å²) < 4.78 is 30.3. The van der Waals surface area contributed by atoms with Gasteiger partial charge in [0.1, 0.15) is 23.0 Å². The van der Waals surface area contributed by atoms with Crippen molar-refractivity contribution in [1.82, 2.24) is 24.5 Å². The lowest BCUT2D eigenvalue weighted by atomic mass is 9.88. The van der Waals surface area contributed by atoms with Crippen LogP contribution < -0.4 is 5.73 Å². The van der Waals surface area contributed by atoms with Crippen LogP contribution in [0.4, 0.5) is 14.7 Å². The number of nitrogens with two attached hydrogens (primary N) is 1. The third-order valence-corrected chi connectivity index (χ3v) is 6.80. The van der Waals surface area contributed by atoms with E-state index in [0.29, 0.717) is 39.8 Å². The molecule has 1 unspecified atom stereocenters. The molecule has 9 heteroatoms. The normalized spacial score (nSPS) is 12.9. The fourth-order valence-corrected chi connectivity index (χ4v) is 4.37. The molecule has 5 aromatic rings. The average Bonchev–Trinajstić information content (AvgIpc) is 3.38. The van der Waals surface area contributed by atoms with Crippen LogP contribution in [0.15, 0.2) is 54.6 Å². The molecule has 3 heterocycles. The number of nitrogen functional groups attached to an aromatic ring is 1. The smallest absolute Gasteiger partial charge is 0.202 e. The van der Waals surface area contributed by atoms with E-state index in [0.717, 1.165) is 0 Å². The van der Waals surface area contributed by atoms with Crippen molar-refractivity contribution in [3.05, 3.63) is 71.3 Å². The van der Waals surface area contributed by atoms with Crippen molar-refractivity contribution >= 4 is 28.7 Å². The van der Waals surface area contributed by atoms with E-state index in [1.54, 1.807) is 24.3 Å². The first-order chi connectivity index (χ1) is 17.0. The van der Waals surface area contributed by atoms with Crippen LogP contribution in [0.25, 0.3) is 45.2 Å². The van der Waals surface area contributed by atoms with Gasteiger partial charge in [0.15, 0.2) is 5.65 Å². The Bertz CT molecular complexity index is 1560. The van der Waals surface area contributed by atoms with Crippen LogP contribution in [0.2, 0.25) is 5.02 Å². The molecule has 0 fully saturated rings. The Hall–Kier alpha value is -3.78. The van der Waals surface area contributed by atoms with Gasteiger partial charge in [0.25, 0.3) is 0 Å². The number of hydrogen-bond acceptors (Lipinski definition) is 4. The van der Waals surface area contributed by atoms with E-state index >= 15 is 0 Å². The van der Waals surface area contributed by atoms with Gasteiger partial charge in [-0.15, -0.1) is 0 Å². The van der Waals surface area contributed by atoms with Crippen LogP contribution in [0.3, 0.4) is 0 Å². The molecule has 36 heavy (non-hydrogen) atoms. The third-order valence-electron chi connectivity index (χ3n) is 6.48. The van der Waals surface area contributed by atoms with E-state index in [1.807, 2.05) is 10.6 Å². The lowest BCUT2D eigenvalue weighted by molar-refractivity contribution is 0.269. The van der Waals surface area contributed by atoms with Gasteiger partial charge in [0, 0.05) is 11.6 Å². The SMILES string of the molecule is CC(n1c(N)nc2ccc(-c3[nH]c(-c4c(F)cccc4Cl)nc3-c3ccc(F)cc3)nc21)C(C)(C)C. The number of halogens is 3. The number of anilines is 1. The number of benzene rings is 2. The van der Waals surface area contributed by atoms with E-state index in [4.69, 9.17) is 22.3 Å². The summed E-state index contributed by atoms with van der Waals surface area (Å²) in [4.78, 5) is 17.3. The Labute approximate surface area is 212 Å². The number of imidazole rings is 2. The van der Waals surface area contributed by atoms with Crippen molar-refractivity contribution < 1.29 is 8.78 Å². The number of aromatic amines is 1. The molecule has 3 N–H and O–H groups in total. The van der Waals surface area contributed by atoms with Gasteiger partial charge in [-0.05, 0) is 60.9 Å². The molecule has 0 spiro atoms. The Morgan fingerprint density at radius 2 is 1.69 bits per heavy atom. The van der Waals surface area contributed by atoms with E-state index < -0.39 is 5.82 Å². The number of hydrogen-bond donors (Lipinski definition) is 2. The predicted octanol–water partition coefficient (Wildman–Crippen LogP) is 7.28. The topological polar surface area (TPSA) is 85.4 Å². The molecule has 0 radical (unpaired) electrons. The van der Waals surface area contributed by atoms with Gasteiger partial charge < -0.3 is 10.7 Å². The van der Waals surface area contributed by atoms with Crippen LogP contribution in [0, 0.1) is 17.0 Å². The average molecular weight is 507 g/mol. The number of rotatable bonds is 4. The maximum atomic E-state index is 14.8. The lowest BCUT2D eigenvalue weighted by Gasteiger charge is -2.29. The van der Waals surface area contributed by atoms with Crippen LogP contribution in [0.1, 0.15) is 33.7 Å². The minimum Gasteiger partial charge on any atom is -0.369 e. The Morgan fingerprint density at radius 3 is 2.36 bits per heavy atom. The monoisotopic (exact) mass is 506 g/mol. The van der Waals surface area contributed by atoms with Gasteiger partial charge in [-0.3, -0.25) is 4.57 Å². The second-order valence-corrected chi connectivity index (χ2v) is 10.2. The second kappa shape index (κ2) is 8.71. The molecule has 0 saturated carbocycles. The van der Waals surface area contributed by atoms with Crippen molar-refractivity contribution in [3.8, 4) is 34.0 Å². The number of H-pyrrole nitrogens is 1. The predicted molar refractivity (Wildman–Crippen MR) is 139 cm³/mol. The van der Waals surface area contributed by atoms with Crippen molar-refractivity contribution in [1.29, 1.82) is 0 Å². The van der Waals surface area contributed by atoms with Gasteiger partial charge in [-0.1, -0.05) is 38.4 Å². The Morgan fingerprint density at radius 1 is 0.972 bits per heavy atom.